The van der Waals surface area contributed by atoms with Gasteiger partial charge in [0.2, 0.25) is 0 Å². The van der Waals surface area contributed by atoms with Crippen LogP contribution in [0.4, 0.5) is 5.69 Å². The average molecular weight is 277 g/mol. The lowest BCUT2D eigenvalue weighted by molar-refractivity contribution is 1.59. The van der Waals surface area contributed by atoms with Gasteiger partial charge in [-0.2, -0.15) is 0 Å². The van der Waals surface area contributed by atoms with Crippen molar-refractivity contribution in [2.45, 2.75) is 0 Å². The van der Waals surface area contributed by atoms with Gasteiger partial charge in [0.15, 0.2) is 5.11 Å². The van der Waals surface area contributed by atoms with E-state index in [1.165, 1.54) is 0 Å². The van der Waals surface area contributed by atoms with Gasteiger partial charge in [-0.25, -0.2) is 0 Å². The van der Waals surface area contributed by atoms with Crippen LogP contribution < -0.4 is 11.1 Å². The van der Waals surface area contributed by atoms with Crippen LogP contribution in [-0.4, -0.2) is 5.11 Å². The van der Waals surface area contributed by atoms with E-state index in [1.54, 1.807) is 0 Å². The van der Waals surface area contributed by atoms with Crippen LogP contribution in [0.1, 0.15) is 0 Å². The maximum atomic E-state index is 5.62. The van der Waals surface area contributed by atoms with Crippen LogP contribution in [0.5, 0.6) is 0 Å². The van der Waals surface area contributed by atoms with Crippen LogP contribution in [-0.2, 0) is 0 Å². The quantitative estimate of drug-likeness (QED) is 0.696. The molecule has 3 N–H and O–H groups in total. The van der Waals surface area contributed by atoms with Crippen molar-refractivity contribution in [3.63, 3.8) is 0 Å². The fraction of sp³-hybridized carbons (Fsp3) is 0. The first-order valence-corrected chi connectivity index (χ1v) is 6.72. The third-order valence-corrected chi connectivity index (χ3v) is 3.22. The number of hydrogen-bond donors (Lipinski definition) is 2. The van der Waals surface area contributed by atoms with Gasteiger partial charge in [0, 0.05) is 11.6 Å². The minimum Gasteiger partial charge on any atom is -0.376 e. The lowest BCUT2D eigenvalue weighted by Gasteiger charge is -2.12. The second kappa shape index (κ2) is 5.31. The zero-order valence-corrected chi connectivity index (χ0v) is 11.6. The Labute approximate surface area is 123 Å². The van der Waals surface area contributed by atoms with E-state index in [2.05, 4.69) is 35.6 Å². The van der Waals surface area contributed by atoms with Crippen LogP contribution in [0.25, 0.3) is 21.9 Å². The summed E-state index contributed by atoms with van der Waals surface area (Å²) in [5, 5.41) is 5.43. The van der Waals surface area contributed by atoms with Crippen LogP contribution in [0.15, 0.2) is 60.7 Å². The van der Waals surface area contributed by atoms with E-state index in [4.69, 9.17) is 18.0 Å². The van der Waals surface area contributed by atoms with E-state index in [9.17, 15) is 0 Å². The molecule has 0 spiro atoms. The minimum absolute atomic E-state index is 0.244. The Bertz CT molecular complexity index is 766. The first-order chi connectivity index (χ1) is 9.74. The van der Waals surface area contributed by atoms with Crippen molar-refractivity contribution in [3.8, 4) is 11.1 Å². The van der Waals surface area contributed by atoms with Crippen molar-refractivity contribution < 1.29 is 0 Å². The summed E-state index contributed by atoms with van der Waals surface area (Å²) in [5.74, 6) is 0. The van der Waals surface area contributed by atoms with E-state index < -0.39 is 0 Å². The highest BCUT2D eigenvalue weighted by Gasteiger charge is 2.08. The first kappa shape index (κ1) is 12.6. The maximum Gasteiger partial charge on any atom is 0.168 e. The molecule has 0 aliphatic heterocycles. The summed E-state index contributed by atoms with van der Waals surface area (Å²) in [6, 6.07) is 23.7. The SMILES string of the molecule is NC(=S)Nc1[c]c2ccccc2cc1-c1ccccc1. The smallest absolute Gasteiger partial charge is 0.168 e. The minimum atomic E-state index is 0.244. The third-order valence-electron chi connectivity index (χ3n) is 3.12. The molecule has 0 atom stereocenters. The van der Waals surface area contributed by atoms with Crippen LogP contribution >= 0.6 is 12.2 Å². The number of fused-ring (bicyclic) bond motifs is 1. The number of hydrogen-bond acceptors (Lipinski definition) is 1. The highest BCUT2D eigenvalue weighted by molar-refractivity contribution is 7.80. The predicted molar refractivity (Wildman–Crippen MR) is 88.6 cm³/mol. The van der Waals surface area contributed by atoms with E-state index in [-0.39, 0.29) is 5.11 Å². The molecule has 0 saturated carbocycles. The molecule has 0 fully saturated rings. The van der Waals surface area contributed by atoms with Crippen molar-refractivity contribution in [1.29, 1.82) is 0 Å². The molecule has 0 bridgehead atoms. The number of benzene rings is 3. The van der Waals surface area contributed by atoms with Crippen LogP contribution in [0.2, 0.25) is 0 Å². The van der Waals surface area contributed by atoms with Crippen LogP contribution in [0, 0.1) is 6.07 Å². The zero-order valence-electron chi connectivity index (χ0n) is 10.8. The largest absolute Gasteiger partial charge is 0.376 e. The Morgan fingerprint density at radius 1 is 1.00 bits per heavy atom. The monoisotopic (exact) mass is 277 g/mol. The normalized spacial score (nSPS) is 10.4. The molecule has 0 aliphatic rings. The van der Waals surface area contributed by atoms with Gasteiger partial charge < -0.3 is 11.1 Å². The zero-order chi connectivity index (χ0) is 13.9. The molecule has 2 nitrogen and oxygen atoms in total. The molecule has 1 radical (unpaired) electrons. The van der Waals surface area contributed by atoms with Crippen molar-refractivity contribution in [1.82, 2.24) is 0 Å². The highest BCUT2D eigenvalue weighted by Crippen LogP contribution is 2.31. The number of nitrogens with two attached hydrogens (primary N) is 1. The summed E-state index contributed by atoms with van der Waals surface area (Å²) >= 11 is 4.96. The fourth-order valence-electron chi connectivity index (χ4n) is 2.23. The topological polar surface area (TPSA) is 38.0 Å². The molecule has 0 aliphatic carbocycles. The number of rotatable bonds is 2. The first-order valence-electron chi connectivity index (χ1n) is 6.31. The van der Waals surface area contributed by atoms with Gasteiger partial charge in [-0.1, -0.05) is 54.6 Å². The summed E-state index contributed by atoms with van der Waals surface area (Å²) in [6.07, 6.45) is 0. The molecule has 3 aromatic carbocycles. The number of nitrogens with one attached hydrogen (secondary N) is 1. The van der Waals surface area contributed by atoms with Gasteiger partial charge in [0.1, 0.15) is 0 Å². The summed E-state index contributed by atoms with van der Waals surface area (Å²) in [5.41, 5.74) is 8.57. The molecule has 0 aromatic heterocycles. The second-order valence-corrected chi connectivity index (χ2v) is 4.94. The lowest BCUT2D eigenvalue weighted by Crippen LogP contribution is -2.19. The molecular formula is C17H13N2S. The summed E-state index contributed by atoms with van der Waals surface area (Å²) in [4.78, 5) is 0. The van der Waals surface area contributed by atoms with E-state index >= 15 is 0 Å². The van der Waals surface area contributed by atoms with Gasteiger partial charge in [0.25, 0.3) is 0 Å². The molecule has 0 unspecified atom stereocenters. The molecule has 0 saturated heterocycles. The molecular weight excluding hydrogens is 264 g/mol. The van der Waals surface area contributed by atoms with Gasteiger partial charge in [-0.05, 0) is 34.6 Å². The molecule has 0 amide bonds. The summed E-state index contributed by atoms with van der Waals surface area (Å²) in [7, 11) is 0. The Morgan fingerprint density at radius 2 is 1.70 bits per heavy atom. The summed E-state index contributed by atoms with van der Waals surface area (Å²) in [6.45, 7) is 0. The molecule has 3 heteroatoms. The standard InChI is InChI=1S/C17H13N2S/c18-17(20)19-16-11-14-9-5-4-8-13(14)10-15(16)12-6-2-1-3-7-12/h1-10H,(H3,18,19,20). The van der Waals surface area contributed by atoms with Gasteiger partial charge in [-0.15, -0.1) is 0 Å². The second-order valence-electron chi connectivity index (χ2n) is 4.50. The van der Waals surface area contributed by atoms with E-state index in [0.717, 1.165) is 27.6 Å². The van der Waals surface area contributed by atoms with Gasteiger partial charge in [-0.3, -0.25) is 0 Å². The Morgan fingerprint density at radius 3 is 2.45 bits per heavy atom. The molecule has 0 heterocycles. The van der Waals surface area contributed by atoms with Crippen molar-refractivity contribution >= 4 is 33.8 Å². The molecule has 97 valence electrons. The van der Waals surface area contributed by atoms with Gasteiger partial charge >= 0.3 is 0 Å². The molecule has 3 aromatic rings. The Hall–Kier alpha value is -2.39. The van der Waals surface area contributed by atoms with Crippen LogP contribution in [0.3, 0.4) is 0 Å². The van der Waals surface area contributed by atoms with Gasteiger partial charge in [0.05, 0.1) is 5.69 Å². The van der Waals surface area contributed by atoms with Crippen molar-refractivity contribution in [3.05, 3.63) is 66.7 Å². The maximum absolute atomic E-state index is 5.62. The number of thiocarbonyl (C=S) groups is 1. The van der Waals surface area contributed by atoms with E-state index in [0.29, 0.717) is 0 Å². The summed E-state index contributed by atoms with van der Waals surface area (Å²) < 4.78 is 0. The van der Waals surface area contributed by atoms with Crippen molar-refractivity contribution in [2.75, 3.05) is 5.32 Å². The molecule has 20 heavy (non-hydrogen) atoms. The average Bonchev–Trinajstić information content (AvgIpc) is 2.47. The third kappa shape index (κ3) is 2.49. The lowest BCUT2D eigenvalue weighted by atomic mass is 9.99. The predicted octanol–water partition coefficient (Wildman–Crippen LogP) is 3.96. The van der Waals surface area contributed by atoms with E-state index in [1.807, 2.05) is 36.4 Å². The van der Waals surface area contributed by atoms with Crippen molar-refractivity contribution in [2.24, 2.45) is 5.73 Å². The highest BCUT2D eigenvalue weighted by atomic mass is 32.1. The Kier molecular flexibility index (Phi) is 3.35. The Balaban J connectivity index is 2.24. The fourth-order valence-corrected chi connectivity index (χ4v) is 2.34. The molecule has 3 rings (SSSR count). The number of anilines is 1.